The fraction of sp³-hybridized carbons (Fsp3) is 0.750. The number of carbonyl (C=O) groups excluding carboxylic acids is 2. The third-order valence-corrected chi connectivity index (χ3v) is 2.15. The number of ether oxygens (including phenoxy) is 1. The van der Waals surface area contributed by atoms with E-state index in [0.29, 0.717) is 31.3 Å². The van der Waals surface area contributed by atoms with Crippen molar-refractivity contribution in [1.82, 2.24) is 21.3 Å². The Bertz CT molecular complexity index is 342. The van der Waals surface area contributed by atoms with Gasteiger partial charge in [0.05, 0.1) is 0 Å². The van der Waals surface area contributed by atoms with Crippen molar-refractivity contribution in [2.45, 2.75) is 33.3 Å². The molecule has 20 heavy (non-hydrogen) atoms. The van der Waals surface area contributed by atoms with E-state index in [9.17, 15) is 9.59 Å². The average molecular weight is 304 g/mol. The summed E-state index contributed by atoms with van der Waals surface area (Å²) in [5, 5.41) is 11.6. The fourth-order valence-corrected chi connectivity index (χ4v) is 1.34. The van der Waals surface area contributed by atoms with Crippen molar-refractivity contribution in [2.24, 2.45) is 0 Å². The van der Waals surface area contributed by atoms with Crippen LogP contribution in [0.1, 0.15) is 27.7 Å². The molecule has 116 valence electrons. The molecule has 0 aliphatic rings. The van der Waals surface area contributed by atoms with Crippen molar-refractivity contribution in [1.29, 1.82) is 0 Å². The second kappa shape index (κ2) is 9.35. The Morgan fingerprint density at radius 3 is 1.85 bits per heavy atom. The molecule has 0 aromatic rings. The molecule has 0 radical (unpaired) electrons. The number of carbonyl (C=O) groups is 2. The zero-order chi connectivity index (χ0) is 15.6. The van der Waals surface area contributed by atoms with Crippen molar-refractivity contribution in [3.05, 3.63) is 0 Å². The molecule has 0 aromatic carbocycles. The standard InChI is InChI=1S/C12H24N4O3S/c1-9(17)13-5-6-14-10(20)15-7-8-16-11(18)19-12(2,3)4/h5-8H2,1-4H3,(H,13,17)(H,16,18)(H2,14,15,20). The van der Waals surface area contributed by atoms with E-state index in [-0.39, 0.29) is 5.91 Å². The number of rotatable bonds is 6. The van der Waals surface area contributed by atoms with Gasteiger partial charge in [0, 0.05) is 33.1 Å². The maximum atomic E-state index is 11.3. The fourth-order valence-electron chi connectivity index (χ4n) is 1.13. The molecule has 7 nitrogen and oxygen atoms in total. The van der Waals surface area contributed by atoms with Crippen molar-refractivity contribution < 1.29 is 14.3 Å². The Balaban J connectivity index is 3.52. The second-order valence-electron chi connectivity index (χ2n) is 5.09. The van der Waals surface area contributed by atoms with Gasteiger partial charge >= 0.3 is 6.09 Å². The van der Waals surface area contributed by atoms with Crippen LogP contribution in [-0.4, -0.2) is 48.9 Å². The predicted octanol–water partition coefficient (Wildman–Crippen LogP) is 0.111. The van der Waals surface area contributed by atoms with Crippen LogP contribution in [0.15, 0.2) is 0 Å². The summed E-state index contributed by atoms with van der Waals surface area (Å²) < 4.78 is 5.08. The van der Waals surface area contributed by atoms with Gasteiger partial charge in [0.25, 0.3) is 0 Å². The maximum absolute atomic E-state index is 11.3. The molecule has 0 atom stereocenters. The van der Waals surface area contributed by atoms with Gasteiger partial charge in [-0.15, -0.1) is 0 Å². The zero-order valence-electron chi connectivity index (χ0n) is 12.5. The van der Waals surface area contributed by atoms with E-state index in [1.807, 2.05) is 0 Å². The van der Waals surface area contributed by atoms with Crippen LogP contribution in [0.3, 0.4) is 0 Å². The summed E-state index contributed by atoms with van der Waals surface area (Å²) in [6.45, 7) is 8.82. The minimum absolute atomic E-state index is 0.0766. The largest absolute Gasteiger partial charge is 0.444 e. The average Bonchev–Trinajstić information content (AvgIpc) is 2.28. The van der Waals surface area contributed by atoms with Gasteiger partial charge in [0.15, 0.2) is 5.11 Å². The molecule has 0 saturated carbocycles. The summed E-state index contributed by atoms with van der Waals surface area (Å²) in [5.41, 5.74) is -0.502. The lowest BCUT2D eigenvalue weighted by atomic mass is 10.2. The first kappa shape index (κ1) is 18.4. The molecule has 0 bridgehead atoms. The lowest BCUT2D eigenvalue weighted by Crippen LogP contribution is -2.43. The highest BCUT2D eigenvalue weighted by Crippen LogP contribution is 2.05. The molecule has 0 rings (SSSR count). The van der Waals surface area contributed by atoms with Crippen molar-refractivity contribution in [2.75, 3.05) is 26.2 Å². The highest BCUT2D eigenvalue weighted by atomic mass is 32.1. The van der Waals surface area contributed by atoms with Crippen molar-refractivity contribution in [3.63, 3.8) is 0 Å². The first-order valence-electron chi connectivity index (χ1n) is 6.43. The van der Waals surface area contributed by atoms with Crippen molar-refractivity contribution >= 4 is 29.3 Å². The van der Waals surface area contributed by atoms with E-state index in [4.69, 9.17) is 17.0 Å². The summed E-state index contributed by atoms with van der Waals surface area (Å²) >= 11 is 5.02. The van der Waals surface area contributed by atoms with Gasteiger partial charge in [0.1, 0.15) is 5.60 Å². The van der Waals surface area contributed by atoms with Crippen molar-refractivity contribution in [3.8, 4) is 0 Å². The third-order valence-electron chi connectivity index (χ3n) is 1.86. The van der Waals surface area contributed by atoms with Gasteiger partial charge in [-0.05, 0) is 33.0 Å². The molecule has 2 amide bonds. The topological polar surface area (TPSA) is 91.5 Å². The number of thiocarbonyl (C=S) groups is 1. The molecule has 4 N–H and O–H groups in total. The van der Waals surface area contributed by atoms with Crippen LogP contribution in [0.25, 0.3) is 0 Å². The molecular weight excluding hydrogens is 280 g/mol. The van der Waals surface area contributed by atoms with Gasteiger partial charge in [-0.25, -0.2) is 4.79 Å². The van der Waals surface area contributed by atoms with E-state index in [1.54, 1.807) is 20.8 Å². The van der Waals surface area contributed by atoms with Crippen LogP contribution in [0.5, 0.6) is 0 Å². The molecule has 8 heteroatoms. The van der Waals surface area contributed by atoms with Crippen LogP contribution < -0.4 is 21.3 Å². The highest BCUT2D eigenvalue weighted by molar-refractivity contribution is 7.80. The molecule has 0 heterocycles. The van der Waals surface area contributed by atoms with Gasteiger partial charge < -0.3 is 26.0 Å². The Kier molecular flexibility index (Phi) is 8.62. The minimum Gasteiger partial charge on any atom is -0.444 e. The lowest BCUT2D eigenvalue weighted by Gasteiger charge is -2.19. The summed E-state index contributed by atoms with van der Waals surface area (Å²) in [6, 6.07) is 0. The molecule has 0 unspecified atom stereocenters. The molecule has 0 aliphatic carbocycles. The van der Waals surface area contributed by atoms with E-state index >= 15 is 0 Å². The lowest BCUT2D eigenvalue weighted by molar-refractivity contribution is -0.118. The van der Waals surface area contributed by atoms with Crippen LogP contribution in [-0.2, 0) is 9.53 Å². The van der Waals surface area contributed by atoms with Gasteiger partial charge in [0.2, 0.25) is 5.91 Å². The SMILES string of the molecule is CC(=O)NCCNC(=S)NCCNC(=O)OC(C)(C)C. The van der Waals surface area contributed by atoms with E-state index in [2.05, 4.69) is 21.3 Å². The molecule has 0 saturated heterocycles. The Labute approximate surface area is 125 Å². The number of hydrogen-bond acceptors (Lipinski definition) is 4. The first-order valence-corrected chi connectivity index (χ1v) is 6.84. The summed E-state index contributed by atoms with van der Waals surface area (Å²) in [7, 11) is 0. The van der Waals surface area contributed by atoms with Gasteiger partial charge in [-0.3, -0.25) is 4.79 Å². The highest BCUT2D eigenvalue weighted by Gasteiger charge is 2.15. The van der Waals surface area contributed by atoms with E-state index < -0.39 is 11.7 Å². The third kappa shape index (κ3) is 12.9. The van der Waals surface area contributed by atoms with Crippen LogP contribution in [0.4, 0.5) is 4.79 Å². The summed E-state index contributed by atoms with van der Waals surface area (Å²) in [4.78, 5) is 22.0. The maximum Gasteiger partial charge on any atom is 0.407 e. The predicted molar refractivity (Wildman–Crippen MR) is 81.5 cm³/mol. The molecule has 0 aromatic heterocycles. The van der Waals surface area contributed by atoms with E-state index in [1.165, 1.54) is 6.92 Å². The van der Waals surface area contributed by atoms with Gasteiger partial charge in [-0.1, -0.05) is 0 Å². The summed E-state index contributed by atoms with van der Waals surface area (Å²) in [5.74, 6) is -0.0766. The molecule has 0 spiro atoms. The van der Waals surface area contributed by atoms with E-state index in [0.717, 1.165) is 0 Å². The first-order chi connectivity index (χ1) is 9.20. The summed E-state index contributed by atoms with van der Waals surface area (Å²) in [6.07, 6.45) is -0.455. The Morgan fingerprint density at radius 1 is 0.950 bits per heavy atom. The van der Waals surface area contributed by atoms with Crippen LogP contribution in [0, 0.1) is 0 Å². The molecule has 0 aliphatic heterocycles. The number of nitrogens with one attached hydrogen (secondary N) is 4. The Hall–Kier alpha value is -1.57. The minimum atomic E-state index is -0.502. The monoisotopic (exact) mass is 304 g/mol. The second-order valence-corrected chi connectivity index (χ2v) is 5.50. The van der Waals surface area contributed by atoms with Crippen LogP contribution in [0.2, 0.25) is 0 Å². The normalized spacial score (nSPS) is 10.4. The van der Waals surface area contributed by atoms with Crippen LogP contribution >= 0.6 is 12.2 Å². The Morgan fingerprint density at radius 2 is 1.40 bits per heavy atom. The van der Waals surface area contributed by atoms with Gasteiger partial charge in [-0.2, -0.15) is 0 Å². The smallest absolute Gasteiger partial charge is 0.407 e. The quantitative estimate of drug-likeness (QED) is 0.411. The molecule has 0 fully saturated rings. The zero-order valence-corrected chi connectivity index (χ0v) is 13.3. The number of hydrogen-bond donors (Lipinski definition) is 4. The molecular formula is C12H24N4O3S. The number of amides is 2. The number of alkyl carbamates (subject to hydrolysis) is 1.